The number of hydrogen-bond donors (Lipinski definition) is 0. The lowest BCUT2D eigenvalue weighted by atomic mass is 9.98. The highest BCUT2D eigenvalue weighted by Gasteiger charge is 2.37. The van der Waals surface area contributed by atoms with Crippen LogP contribution in [0.25, 0.3) is 10.9 Å². The quantitative estimate of drug-likeness (QED) is 0.649. The van der Waals surface area contributed by atoms with Crippen LogP contribution in [0.4, 0.5) is 26.7 Å². The molecule has 1 aliphatic heterocycles. The minimum atomic E-state index is -4.70. The molecule has 1 saturated heterocycles. The van der Waals surface area contributed by atoms with Crippen molar-refractivity contribution in [2.24, 2.45) is 7.05 Å². The van der Waals surface area contributed by atoms with Gasteiger partial charge in [0.05, 0.1) is 17.7 Å². The number of carbonyl (C=O) groups is 1. The van der Waals surface area contributed by atoms with E-state index in [0.29, 0.717) is 5.56 Å². The van der Waals surface area contributed by atoms with Gasteiger partial charge in [-0.25, -0.2) is 13.6 Å². The van der Waals surface area contributed by atoms with E-state index in [1.807, 2.05) is 0 Å². The summed E-state index contributed by atoms with van der Waals surface area (Å²) in [5.41, 5.74) is -1.27. The lowest BCUT2D eigenvalue weighted by Gasteiger charge is -2.30. The number of amides is 1. The molecule has 31 heavy (non-hydrogen) atoms. The lowest BCUT2D eigenvalue weighted by molar-refractivity contribution is -0.137. The highest BCUT2D eigenvalue weighted by molar-refractivity contribution is 5.85. The molecule has 1 aromatic heterocycles. The predicted octanol–water partition coefficient (Wildman–Crippen LogP) is 4.53. The Labute approximate surface area is 175 Å². The Bertz CT molecular complexity index is 1040. The minimum absolute atomic E-state index is 0.0613. The van der Waals surface area contributed by atoms with E-state index in [1.54, 1.807) is 6.07 Å². The third-order valence-electron chi connectivity index (χ3n) is 5.56. The number of aryl methyl sites for hydroxylation is 1. The summed E-state index contributed by atoms with van der Waals surface area (Å²) >= 11 is 0. The van der Waals surface area contributed by atoms with E-state index in [0.717, 1.165) is 0 Å². The molecule has 0 spiro atoms. The van der Waals surface area contributed by atoms with Crippen LogP contribution in [0.3, 0.4) is 0 Å². The SMILES string of the molecule is CCc1c(C(F)(F)F)c2cc(CCOC(=O)N3CCC(F)(F)CC3)ccc2n(C)c1=O. The minimum Gasteiger partial charge on any atom is -0.449 e. The summed E-state index contributed by atoms with van der Waals surface area (Å²) < 4.78 is 73.9. The molecule has 2 aromatic rings. The van der Waals surface area contributed by atoms with E-state index in [4.69, 9.17) is 4.74 Å². The molecule has 170 valence electrons. The fourth-order valence-corrected chi connectivity index (χ4v) is 3.83. The summed E-state index contributed by atoms with van der Waals surface area (Å²) in [4.78, 5) is 25.6. The second kappa shape index (κ2) is 8.47. The topological polar surface area (TPSA) is 51.5 Å². The van der Waals surface area contributed by atoms with Crippen LogP contribution in [0, 0.1) is 0 Å². The zero-order valence-corrected chi connectivity index (χ0v) is 17.2. The number of piperidine rings is 1. The standard InChI is InChI=1S/C21H23F5N2O3/c1-3-14-17(21(24,25)26)15-12-13(4-5-16(15)27(2)18(14)29)6-11-31-19(30)28-9-7-20(22,23)8-10-28/h4-5,12H,3,6-11H2,1-2H3. The molecule has 0 bridgehead atoms. The lowest BCUT2D eigenvalue weighted by Crippen LogP contribution is -2.43. The maximum absolute atomic E-state index is 13.8. The molecule has 10 heteroatoms. The van der Waals surface area contributed by atoms with Crippen LogP contribution in [0.2, 0.25) is 0 Å². The first-order chi connectivity index (χ1) is 14.4. The van der Waals surface area contributed by atoms with Crippen LogP contribution in [-0.2, 0) is 30.8 Å². The Balaban J connectivity index is 1.79. The molecule has 0 N–H and O–H groups in total. The summed E-state index contributed by atoms with van der Waals surface area (Å²) in [5.74, 6) is -2.78. The van der Waals surface area contributed by atoms with Crippen molar-refractivity contribution in [3.05, 3.63) is 45.2 Å². The Morgan fingerprint density at radius 2 is 1.84 bits per heavy atom. The molecule has 1 aromatic carbocycles. The first-order valence-corrected chi connectivity index (χ1v) is 9.96. The summed E-state index contributed by atoms with van der Waals surface area (Å²) in [6, 6.07) is 4.37. The maximum atomic E-state index is 13.8. The van der Waals surface area contributed by atoms with Gasteiger partial charge in [-0.3, -0.25) is 4.79 Å². The number of rotatable bonds is 4. The van der Waals surface area contributed by atoms with Gasteiger partial charge in [0.15, 0.2) is 0 Å². The van der Waals surface area contributed by atoms with Crippen LogP contribution in [0.5, 0.6) is 0 Å². The van der Waals surface area contributed by atoms with Gasteiger partial charge in [0.1, 0.15) is 0 Å². The van der Waals surface area contributed by atoms with Crippen molar-refractivity contribution < 1.29 is 31.5 Å². The van der Waals surface area contributed by atoms with Gasteiger partial charge in [-0.1, -0.05) is 13.0 Å². The summed E-state index contributed by atoms with van der Waals surface area (Å²) in [6.07, 6.45) is -6.18. The van der Waals surface area contributed by atoms with E-state index in [1.165, 1.54) is 35.6 Å². The van der Waals surface area contributed by atoms with Gasteiger partial charge in [0.2, 0.25) is 0 Å². The Morgan fingerprint density at radius 1 is 1.19 bits per heavy atom. The monoisotopic (exact) mass is 446 g/mol. The molecule has 3 rings (SSSR count). The molecule has 0 radical (unpaired) electrons. The summed E-state index contributed by atoms with van der Waals surface area (Å²) in [6.45, 7) is 1.18. The van der Waals surface area contributed by atoms with E-state index >= 15 is 0 Å². The van der Waals surface area contributed by atoms with Gasteiger partial charge >= 0.3 is 12.3 Å². The van der Waals surface area contributed by atoms with E-state index in [9.17, 15) is 31.5 Å². The number of fused-ring (bicyclic) bond motifs is 1. The predicted molar refractivity (Wildman–Crippen MR) is 104 cm³/mol. The van der Waals surface area contributed by atoms with E-state index in [-0.39, 0.29) is 49.0 Å². The van der Waals surface area contributed by atoms with Crippen molar-refractivity contribution in [1.29, 1.82) is 0 Å². The number of benzene rings is 1. The van der Waals surface area contributed by atoms with E-state index < -0.39 is 42.2 Å². The highest BCUT2D eigenvalue weighted by atomic mass is 19.4. The average molecular weight is 446 g/mol. The molecule has 0 aliphatic carbocycles. The van der Waals surface area contributed by atoms with Crippen molar-refractivity contribution in [2.75, 3.05) is 19.7 Å². The zero-order chi connectivity index (χ0) is 23.0. The molecule has 1 fully saturated rings. The van der Waals surface area contributed by atoms with Gasteiger partial charge in [0.25, 0.3) is 11.5 Å². The number of aromatic nitrogens is 1. The first-order valence-electron chi connectivity index (χ1n) is 9.96. The van der Waals surface area contributed by atoms with Crippen molar-refractivity contribution in [2.45, 2.75) is 44.7 Å². The van der Waals surface area contributed by atoms with Crippen LogP contribution in [0.1, 0.15) is 36.5 Å². The molecule has 5 nitrogen and oxygen atoms in total. The number of alkyl halides is 5. The van der Waals surface area contributed by atoms with Gasteiger partial charge in [-0.05, 0) is 24.1 Å². The normalized spacial score (nSPS) is 16.5. The van der Waals surface area contributed by atoms with Gasteiger partial charge in [0, 0.05) is 50.3 Å². The second-order valence-electron chi connectivity index (χ2n) is 7.63. The number of nitrogens with zero attached hydrogens (tertiary/aromatic N) is 2. The largest absolute Gasteiger partial charge is 0.449 e. The van der Waals surface area contributed by atoms with Crippen LogP contribution < -0.4 is 5.56 Å². The Morgan fingerprint density at radius 3 is 2.42 bits per heavy atom. The maximum Gasteiger partial charge on any atom is 0.417 e. The third kappa shape index (κ3) is 4.83. The van der Waals surface area contributed by atoms with Crippen LogP contribution >= 0.6 is 0 Å². The van der Waals surface area contributed by atoms with Gasteiger partial charge < -0.3 is 14.2 Å². The van der Waals surface area contributed by atoms with E-state index in [2.05, 4.69) is 0 Å². The molecule has 0 unspecified atom stereocenters. The fourth-order valence-electron chi connectivity index (χ4n) is 3.83. The Kier molecular flexibility index (Phi) is 6.29. The molecule has 1 amide bonds. The van der Waals surface area contributed by atoms with Crippen molar-refractivity contribution >= 4 is 17.0 Å². The number of pyridine rings is 1. The summed E-state index contributed by atoms with van der Waals surface area (Å²) in [5, 5.41) is -0.0893. The number of halogens is 5. The van der Waals surface area contributed by atoms with Crippen molar-refractivity contribution in [3.63, 3.8) is 0 Å². The van der Waals surface area contributed by atoms with Gasteiger partial charge in [-0.2, -0.15) is 13.2 Å². The average Bonchev–Trinajstić information content (AvgIpc) is 2.69. The molecular formula is C21H23F5N2O3. The second-order valence-corrected chi connectivity index (χ2v) is 7.63. The van der Waals surface area contributed by atoms with Gasteiger partial charge in [-0.15, -0.1) is 0 Å². The smallest absolute Gasteiger partial charge is 0.417 e. The molecule has 0 saturated carbocycles. The molecular weight excluding hydrogens is 423 g/mol. The van der Waals surface area contributed by atoms with Crippen LogP contribution in [0.15, 0.2) is 23.0 Å². The fraction of sp³-hybridized carbons (Fsp3) is 0.524. The molecule has 2 heterocycles. The Hall–Kier alpha value is -2.65. The third-order valence-corrected chi connectivity index (χ3v) is 5.56. The number of carbonyl (C=O) groups excluding carboxylic acids is 1. The number of hydrogen-bond acceptors (Lipinski definition) is 3. The van der Waals surface area contributed by atoms with Crippen LogP contribution in [-0.4, -0.2) is 41.2 Å². The van der Waals surface area contributed by atoms with Crippen molar-refractivity contribution in [3.8, 4) is 0 Å². The van der Waals surface area contributed by atoms with Crippen molar-refractivity contribution in [1.82, 2.24) is 9.47 Å². The first kappa shape index (κ1) is 23.0. The highest BCUT2D eigenvalue weighted by Crippen LogP contribution is 2.36. The summed E-state index contributed by atoms with van der Waals surface area (Å²) in [7, 11) is 1.42. The molecule has 0 atom stereocenters. The molecule has 1 aliphatic rings. The number of ether oxygens (including phenoxy) is 1. The number of likely N-dealkylation sites (tertiary alicyclic amines) is 1. The zero-order valence-electron chi connectivity index (χ0n) is 17.2.